The predicted molar refractivity (Wildman–Crippen MR) is 160 cm³/mol. The zero-order valence-electron chi connectivity index (χ0n) is 25.0. The van der Waals surface area contributed by atoms with Gasteiger partial charge in [0.1, 0.15) is 30.2 Å². The number of carboxylic acids is 1. The Morgan fingerprint density at radius 3 is 2.17 bits per heavy atom. The van der Waals surface area contributed by atoms with E-state index in [4.69, 9.17) is 0 Å². The van der Waals surface area contributed by atoms with Crippen LogP contribution in [0.3, 0.4) is 0 Å². The van der Waals surface area contributed by atoms with Crippen LogP contribution in [0.25, 0.3) is 10.9 Å². The molecule has 3 fully saturated rings. The molecule has 3 aliphatic heterocycles. The zero-order valence-corrected chi connectivity index (χ0v) is 25.0. The van der Waals surface area contributed by atoms with Gasteiger partial charge in [-0.1, -0.05) is 18.2 Å². The number of nitrogens with one attached hydrogen (secondary N) is 5. The lowest BCUT2D eigenvalue weighted by molar-refractivity contribution is -0.148. The van der Waals surface area contributed by atoms with Crippen molar-refractivity contribution in [3.63, 3.8) is 0 Å². The molecule has 7 N–H and O–H groups in total. The Bertz CT molecular complexity index is 1540. The molecule has 0 saturated carbocycles. The summed E-state index contributed by atoms with van der Waals surface area (Å²) in [5.41, 5.74) is 1.38. The van der Waals surface area contributed by atoms with Gasteiger partial charge in [0.2, 0.25) is 35.4 Å². The molecular formula is C30H37N7O9. The number of H-pyrrole nitrogens is 1. The minimum absolute atomic E-state index is 0.0983. The van der Waals surface area contributed by atoms with Crippen LogP contribution in [0.15, 0.2) is 30.5 Å². The van der Waals surface area contributed by atoms with Crippen molar-refractivity contribution in [3.8, 4) is 0 Å². The third kappa shape index (κ3) is 6.96. The summed E-state index contributed by atoms with van der Waals surface area (Å²) in [6, 6.07) is 0.961. The number of carboxylic acid groups (broad SMARTS) is 1. The number of aromatic amines is 1. The number of nitrogens with zero attached hydrogens (tertiary/aromatic N) is 2. The molecule has 0 unspecified atom stereocenters. The highest BCUT2D eigenvalue weighted by Crippen LogP contribution is 2.26. The largest absolute Gasteiger partial charge is 0.481 e. The molecule has 4 heterocycles. The Hall–Kier alpha value is -4.99. The minimum Gasteiger partial charge on any atom is -0.481 e. The number of hydrogen-bond acceptors (Lipinski definition) is 8. The van der Waals surface area contributed by atoms with Gasteiger partial charge in [0, 0.05) is 36.6 Å². The van der Waals surface area contributed by atoms with E-state index < -0.39 is 91.2 Å². The first-order valence-corrected chi connectivity index (χ1v) is 15.2. The van der Waals surface area contributed by atoms with E-state index in [-0.39, 0.29) is 19.5 Å². The minimum atomic E-state index is -1.62. The zero-order chi connectivity index (χ0) is 33.0. The Labute approximate surface area is 263 Å². The number of fused-ring (bicyclic) bond motifs is 3. The SMILES string of the molecule is O=C(O)C[C@@H]1NC(=O)CNC(=O)[C@H]2CCCN2C(=O)[C@@H]2CCCN2C(=O)[C@H](CO)NC(=O)[C@H](Cc2c[nH]c3ccccc23)NC1=O. The van der Waals surface area contributed by atoms with Gasteiger partial charge in [-0.25, -0.2) is 0 Å². The summed E-state index contributed by atoms with van der Waals surface area (Å²) >= 11 is 0. The first-order chi connectivity index (χ1) is 22.1. The fourth-order valence-corrected chi connectivity index (χ4v) is 6.36. The molecule has 5 rings (SSSR count). The van der Waals surface area contributed by atoms with Crippen LogP contribution in [0, 0.1) is 0 Å². The number of benzene rings is 1. The van der Waals surface area contributed by atoms with Crippen molar-refractivity contribution in [1.29, 1.82) is 0 Å². The number of rotatable bonds is 5. The van der Waals surface area contributed by atoms with Crippen molar-refractivity contribution in [1.82, 2.24) is 36.1 Å². The van der Waals surface area contributed by atoms with Gasteiger partial charge in [0.25, 0.3) is 0 Å². The molecule has 1 aromatic heterocycles. The van der Waals surface area contributed by atoms with E-state index in [1.807, 2.05) is 12.1 Å². The Kier molecular flexibility index (Phi) is 9.84. The van der Waals surface area contributed by atoms with Crippen LogP contribution in [-0.4, -0.2) is 123 Å². The second-order valence-electron chi connectivity index (χ2n) is 11.7. The highest BCUT2D eigenvalue weighted by molar-refractivity contribution is 5.99. The van der Waals surface area contributed by atoms with Gasteiger partial charge < -0.3 is 46.3 Å². The predicted octanol–water partition coefficient (Wildman–Crippen LogP) is -2.26. The second kappa shape index (κ2) is 14.0. The van der Waals surface area contributed by atoms with Crippen molar-refractivity contribution in [2.75, 3.05) is 26.2 Å². The molecule has 0 aliphatic carbocycles. The van der Waals surface area contributed by atoms with Gasteiger partial charge >= 0.3 is 5.97 Å². The lowest BCUT2D eigenvalue weighted by Gasteiger charge is -2.33. The Morgan fingerprint density at radius 2 is 1.46 bits per heavy atom. The lowest BCUT2D eigenvalue weighted by atomic mass is 10.0. The third-order valence-electron chi connectivity index (χ3n) is 8.64. The first-order valence-electron chi connectivity index (χ1n) is 15.2. The van der Waals surface area contributed by atoms with Gasteiger partial charge in [-0.3, -0.25) is 33.6 Å². The number of carbonyl (C=O) groups is 7. The van der Waals surface area contributed by atoms with E-state index in [0.29, 0.717) is 31.2 Å². The topological polar surface area (TPSA) is 230 Å². The molecule has 0 radical (unpaired) electrons. The lowest BCUT2D eigenvalue weighted by Crippen LogP contribution is -2.61. The van der Waals surface area contributed by atoms with E-state index in [0.717, 1.165) is 10.9 Å². The number of aliphatic carboxylic acids is 1. The van der Waals surface area contributed by atoms with Gasteiger partial charge in [-0.2, -0.15) is 0 Å². The monoisotopic (exact) mass is 639 g/mol. The van der Waals surface area contributed by atoms with Gasteiger partial charge in [-0.05, 0) is 37.3 Å². The van der Waals surface area contributed by atoms with Crippen molar-refractivity contribution in [3.05, 3.63) is 36.0 Å². The summed E-state index contributed by atoms with van der Waals surface area (Å²) in [6.45, 7) is -0.939. The number of hydrogen-bond donors (Lipinski definition) is 7. The number of aliphatic hydroxyl groups is 1. The average Bonchev–Trinajstić information content (AvgIpc) is 3.81. The number of para-hydroxylation sites is 1. The maximum atomic E-state index is 13.7. The maximum Gasteiger partial charge on any atom is 0.305 e. The number of aliphatic hydroxyl groups excluding tert-OH is 1. The molecule has 16 heteroatoms. The van der Waals surface area contributed by atoms with Crippen LogP contribution in [0.2, 0.25) is 0 Å². The maximum absolute atomic E-state index is 13.7. The summed E-state index contributed by atoms with van der Waals surface area (Å²) in [7, 11) is 0. The quantitative estimate of drug-likeness (QED) is 0.187. The number of carbonyl (C=O) groups excluding carboxylic acids is 6. The van der Waals surface area contributed by atoms with Crippen molar-refractivity contribution >= 4 is 52.3 Å². The standard InChI is InChI=1S/C30H37N7O9/c38-15-21-29(45)37-10-4-8-23(37)30(46)36-9-3-7-22(36)28(44)32-14-24(39)33-20(12-25(40)41)27(43)34-19(26(42)35-21)11-16-13-31-18-6-2-1-5-17(16)18/h1-2,5-6,13,19-23,31,38H,3-4,7-12,14-15H2,(H,32,44)(H,33,39)(H,34,43)(H,35,42)(H,40,41)/t19-,20-,21-,22+,23-/m0/s1. The average molecular weight is 640 g/mol. The molecular weight excluding hydrogens is 602 g/mol. The summed E-state index contributed by atoms with van der Waals surface area (Å²) in [5, 5.41) is 30.2. The van der Waals surface area contributed by atoms with E-state index in [1.54, 1.807) is 18.3 Å². The van der Waals surface area contributed by atoms with Crippen molar-refractivity contribution in [2.24, 2.45) is 0 Å². The fourth-order valence-electron chi connectivity index (χ4n) is 6.36. The number of aromatic nitrogens is 1. The fraction of sp³-hybridized carbons (Fsp3) is 0.500. The molecule has 246 valence electrons. The van der Waals surface area contributed by atoms with Crippen LogP contribution in [0.5, 0.6) is 0 Å². The molecule has 3 aliphatic rings. The normalized spacial score (nSPS) is 26.8. The van der Waals surface area contributed by atoms with Crippen molar-refractivity contribution < 1.29 is 43.8 Å². The number of amides is 6. The molecule has 0 bridgehead atoms. The van der Waals surface area contributed by atoms with Crippen molar-refractivity contribution in [2.45, 2.75) is 68.7 Å². The van der Waals surface area contributed by atoms with E-state index in [2.05, 4.69) is 26.3 Å². The van der Waals surface area contributed by atoms with E-state index in [1.165, 1.54) is 9.80 Å². The van der Waals surface area contributed by atoms with E-state index in [9.17, 15) is 43.8 Å². The summed E-state index contributed by atoms with van der Waals surface area (Å²) < 4.78 is 0. The molecule has 0 spiro atoms. The van der Waals surface area contributed by atoms with Crippen LogP contribution in [0.4, 0.5) is 0 Å². The molecule has 2 aromatic rings. The highest BCUT2D eigenvalue weighted by atomic mass is 16.4. The summed E-state index contributed by atoms with van der Waals surface area (Å²) in [4.78, 5) is 97.7. The molecule has 46 heavy (non-hydrogen) atoms. The van der Waals surface area contributed by atoms with Crippen LogP contribution in [0.1, 0.15) is 37.7 Å². The molecule has 1 aromatic carbocycles. The van der Waals surface area contributed by atoms with E-state index >= 15 is 0 Å². The van der Waals surface area contributed by atoms with Crippen LogP contribution >= 0.6 is 0 Å². The highest BCUT2D eigenvalue weighted by Gasteiger charge is 2.44. The Morgan fingerprint density at radius 1 is 0.804 bits per heavy atom. The summed E-state index contributed by atoms with van der Waals surface area (Å²) in [6.07, 6.45) is 2.39. The Balaban J connectivity index is 1.48. The van der Waals surface area contributed by atoms with Gasteiger partial charge in [-0.15, -0.1) is 0 Å². The third-order valence-corrected chi connectivity index (χ3v) is 8.64. The smallest absolute Gasteiger partial charge is 0.305 e. The van der Waals surface area contributed by atoms with Gasteiger partial charge in [0.15, 0.2) is 0 Å². The second-order valence-corrected chi connectivity index (χ2v) is 11.7. The van der Waals surface area contributed by atoms with Crippen LogP contribution < -0.4 is 21.3 Å². The molecule has 6 amide bonds. The molecule has 16 nitrogen and oxygen atoms in total. The molecule has 5 atom stereocenters. The molecule has 3 saturated heterocycles. The first kappa shape index (κ1) is 32.4. The van der Waals surface area contributed by atoms with Gasteiger partial charge in [0.05, 0.1) is 19.6 Å². The summed E-state index contributed by atoms with van der Waals surface area (Å²) in [5.74, 6) is -5.82. The van der Waals surface area contributed by atoms with Crippen LogP contribution in [-0.2, 0) is 40.0 Å².